The molecule has 1 heterocycles. The van der Waals surface area contributed by atoms with E-state index in [0.29, 0.717) is 22.2 Å². The lowest BCUT2D eigenvalue weighted by atomic mass is 10.1. The van der Waals surface area contributed by atoms with Gasteiger partial charge in [0.2, 0.25) is 11.8 Å². The van der Waals surface area contributed by atoms with Gasteiger partial charge in [0.15, 0.2) is 0 Å². The van der Waals surface area contributed by atoms with E-state index in [-0.39, 0.29) is 24.4 Å². The molecule has 0 aliphatic carbocycles. The molecule has 0 saturated heterocycles. The van der Waals surface area contributed by atoms with Crippen LogP contribution in [0.5, 0.6) is 0 Å². The van der Waals surface area contributed by atoms with Crippen molar-refractivity contribution in [1.82, 2.24) is 9.55 Å². The highest BCUT2D eigenvalue weighted by Crippen LogP contribution is 2.12. The number of amides is 2. The van der Waals surface area contributed by atoms with Crippen LogP contribution in [0.1, 0.15) is 22.3 Å². The van der Waals surface area contributed by atoms with Crippen LogP contribution >= 0.6 is 0 Å². The fourth-order valence-electron chi connectivity index (χ4n) is 2.66. The molecule has 3 N–H and O–H groups in total. The third-order valence-electron chi connectivity index (χ3n) is 4.09. The van der Waals surface area contributed by atoms with Crippen LogP contribution in [-0.2, 0) is 11.3 Å². The highest BCUT2D eigenvalue weighted by Gasteiger charge is 2.08. The summed E-state index contributed by atoms with van der Waals surface area (Å²) in [5.41, 5.74) is 7.54. The largest absolute Gasteiger partial charge is 0.366 e. The summed E-state index contributed by atoms with van der Waals surface area (Å²) in [5.74, 6) is -0.769. The van der Waals surface area contributed by atoms with Crippen LogP contribution < -0.4 is 16.6 Å². The van der Waals surface area contributed by atoms with Gasteiger partial charge in [-0.15, -0.1) is 0 Å². The van der Waals surface area contributed by atoms with Crippen LogP contribution in [0.25, 0.3) is 10.9 Å². The van der Waals surface area contributed by atoms with E-state index in [2.05, 4.69) is 10.3 Å². The van der Waals surface area contributed by atoms with Crippen molar-refractivity contribution in [3.05, 3.63) is 70.3 Å². The van der Waals surface area contributed by atoms with Gasteiger partial charge in [-0.25, -0.2) is 4.98 Å². The second-order valence-corrected chi connectivity index (χ2v) is 5.95. The number of rotatable bonds is 5. The van der Waals surface area contributed by atoms with Gasteiger partial charge in [-0.05, 0) is 42.8 Å². The summed E-state index contributed by atoms with van der Waals surface area (Å²) in [4.78, 5) is 39.9. The van der Waals surface area contributed by atoms with E-state index in [1.807, 2.05) is 19.1 Å². The van der Waals surface area contributed by atoms with Gasteiger partial charge < -0.3 is 11.1 Å². The van der Waals surface area contributed by atoms with E-state index in [0.717, 1.165) is 5.56 Å². The summed E-state index contributed by atoms with van der Waals surface area (Å²) in [7, 11) is 0. The Morgan fingerprint density at radius 3 is 2.58 bits per heavy atom. The van der Waals surface area contributed by atoms with E-state index in [9.17, 15) is 14.4 Å². The first-order chi connectivity index (χ1) is 12.5. The highest BCUT2D eigenvalue weighted by atomic mass is 16.2. The second-order valence-electron chi connectivity index (χ2n) is 5.95. The Morgan fingerprint density at radius 2 is 1.88 bits per heavy atom. The molecule has 132 valence electrons. The maximum Gasteiger partial charge on any atom is 0.261 e. The lowest BCUT2D eigenvalue weighted by Gasteiger charge is -2.09. The Bertz CT molecular complexity index is 1040. The van der Waals surface area contributed by atoms with Crippen molar-refractivity contribution in [2.24, 2.45) is 5.73 Å². The zero-order valence-electron chi connectivity index (χ0n) is 14.2. The van der Waals surface area contributed by atoms with Gasteiger partial charge in [-0.2, -0.15) is 0 Å². The molecule has 0 unspecified atom stereocenters. The number of para-hydroxylation sites is 1. The highest BCUT2D eigenvalue weighted by molar-refractivity contribution is 5.94. The maximum atomic E-state index is 12.5. The standard InChI is InChI=1S/C19H18N4O3/c1-12-3-2-4-15-17(12)21-11-23(19(15)26)10-9-16(24)22-14-7-5-13(6-8-14)18(20)25/h2-8,11H,9-10H2,1H3,(H2,20,25)(H,22,24). The Morgan fingerprint density at radius 1 is 1.15 bits per heavy atom. The normalized spacial score (nSPS) is 10.7. The molecule has 2 amide bonds. The molecule has 0 aliphatic rings. The van der Waals surface area contributed by atoms with E-state index < -0.39 is 5.91 Å². The SMILES string of the molecule is Cc1cccc2c(=O)n(CCC(=O)Nc3ccc(C(N)=O)cc3)cnc12. The van der Waals surface area contributed by atoms with Crippen molar-refractivity contribution < 1.29 is 9.59 Å². The van der Waals surface area contributed by atoms with E-state index in [1.165, 1.54) is 23.0 Å². The van der Waals surface area contributed by atoms with Crippen LogP contribution in [0.3, 0.4) is 0 Å². The van der Waals surface area contributed by atoms with Crippen molar-refractivity contribution in [1.29, 1.82) is 0 Å². The number of anilines is 1. The van der Waals surface area contributed by atoms with Gasteiger partial charge in [0.05, 0.1) is 17.2 Å². The fourth-order valence-corrected chi connectivity index (χ4v) is 2.66. The molecular weight excluding hydrogens is 332 g/mol. The Labute approximate surface area is 149 Å². The van der Waals surface area contributed by atoms with Crippen molar-refractivity contribution >= 4 is 28.4 Å². The lowest BCUT2D eigenvalue weighted by molar-refractivity contribution is -0.116. The minimum Gasteiger partial charge on any atom is -0.366 e. The van der Waals surface area contributed by atoms with Gasteiger partial charge in [-0.1, -0.05) is 12.1 Å². The van der Waals surface area contributed by atoms with Crippen LogP contribution in [0.2, 0.25) is 0 Å². The molecule has 0 saturated carbocycles. The second kappa shape index (κ2) is 7.18. The molecule has 0 aliphatic heterocycles. The van der Waals surface area contributed by atoms with Crippen LogP contribution in [0.4, 0.5) is 5.69 Å². The number of nitrogens with two attached hydrogens (primary N) is 1. The minimum absolute atomic E-state index is 0.122. The average Bonchev–Trinajstić information content (AvgIpc) is 2.62. The Balaban J connectivity index is 1.68. The van der Waals surface area contributed by atoms with E-state index >= 15 is 0 Å². The molecular formula is C19H18N4O3. The van der Waals surface area contributed by atoms with Gasteiger partial charge in [0, 0.05) is 24.2 Å². The van der Waals surface area contributed by atoms with E-state index in [1.54, 1.807) is 18.2 Å². The van der Waals surface area contributed by atoms with Crippen molar-refractivity contribution in [3.8, 4) is 0 Å². The smallest absolute Gasteiger partial charge is 0.261 e. The molecule has 3 aromatic rings. The first kappa shape index (κ1) is 17.3. The lowest BCUT2D eigenvalue weighted by Crippen LogP contribution is -2.23. The number of nitrogens with one attached hydrogen (secondary N) is 1. The predicted molar refractivity (Wildman–Crippen MR) is 98.9 cm³/mol. The summed E-state index contributed by atoms with van der Waals surface area (Å²) in [5, 5.41) is 3.25. The monoisotopic (exact) mass is 350 g/mol. The summed E-state index contributed by atoms with van der Waals surface area (Å²) >= 11 is 0. The van der Waals surface area contributed by atoms with Crippen LogP contribution in [0.15, 0.2) is 53.6 Å². The zero-order valence-corrected chi connectivity index (χ0v) is 14.2. The van der Waals surface area contributed by atoms with Crippen molar-refractivity contribution in [2.75, 3.05) is 5.32 Å². The number of carbonyl (C=O) groups is 2. The number of benzene rings is 2. The zero-order chi connectivity index (χ0) is 18.7. The topological polar surface area (TPSA) is 107 Å². The molecule has 0 spiro atoms. The summed E-state index contributed by atoms with van der Waals surface area (Å²) in [6, 6.07) is 11.7. The molecule has 26 heavy (non-hydrogen) atoms. The third-order valence-corrected chi connectivity index (χ3v) is 4.09. The predicted octanol–water partition coefficient (Wildman–Crippen LogP) is 1.83. The van der Waals surface area contributed by atoms with Crippen LogP contribution in [-0.4, -0.2) is 21.4 Å². The first-order valence-corrected chi connectivity index (χ1v) is 8.10. The quantitative estimate of drug-likeness (QED) is 0.732. The maximum absolute atomic E-state index is 12.5. The summed E-state index contributed by atoms with van der Waals surface area (Å²) in [6.45, 7) is 2.12. The molecule has 0 fully saturated rings. The number of fused-ring (bicyclic) bond motifs is 1. The number of hydrogen-bond donors (Lipinski definition) is 2. The van der Waals surface area contributed by atoms with E-state index in [4.69, 9.17) is 5.73 Å². The van der Waals surface area contributed by atoms with Crippen molar-refractivity contribution in [3.63, 3.8) is 0 Å². The number of aryl methyl sites for hydroxylation is 2. The number of carbonyl (C=O) groups excluding carboxylic acids is 2. The first-order valence-electron chi connectivity index (χ1n) is 8.10. The molecule has 3 rings (SSSR count). The number of aromatic nitrogens is 2. The molecule has 1 aromatic heterocycles. The van der Waals surface area contributed by atoms with Gasteiger partial charge in [-0.3, -0.25) is 19.0 Å². The Hall–Kier alpha value is -3.48. The molecule has 0 atom stereocenters. The van der Waals surface area contributed by atoms with Gasteiger partial charge in [0.25, 0.3) is 5.56 Å². The summed E-state index contributed by atoms with van der Waals surface area (Å²) < 4.78 is 1.43. The molecule has 2 aromatic carbocycles. The fraction of sp³-hybridized carbons (Fsp3) is 0.158. The Kier molecular flexibility index (Phi) is 4.79. The summed E-state index contributed by atoms with van der Waals surface area (Å²) in [6.07, 6.45) is 1.59. The molecule has 7 nitrogen and oxygen atoms in total. The molecule has 0 bridgehead atoms. The number of hydrogen-bond acceptors (Lipinski definition) is 4. The van der Waals surface area contributed by atoms with Crippen LogP contribution in [0, 0.1) is 6.92 Å². The molecule has 0 radical (unpaired) electrons. The average molecular weight is 350 g/mol. The number of nitrogens with zero attached hydrogens (tertiary/aromatic N) is 2. The van der Waals surface area contributed by atoms with Gasteiger partial charge in [0.1, 0.15) is 0 Å². The number of primary amides is 1. The third kappa shape index (κ3) is 3.61. The van der Waals surface area contributed by atoms with Crippen molar-refractivity contribution in [2.45, 2.75) is 19.9 Å². The van der Waals surface area contributed by atoms with Gasteiger partial charge >= 0.3 is 0 Å². The molecule has 7 heteroatoms. The minimum atomic E-state index is -0.527.